The SMILES string of the molecule is C[C@@H]1CC[C@@H](C(=O)Nc2ccc(F)c(F)c2O)CN1C(=O)OC(C)(C)C. The van der Waals surface area contributed by atoms with Crippen LogP contribution >= 0.6 is 0 Å². The van der Waals surface area contributed by atoms with Crippen molar-refractivity contribution in [2.24, 2.45) is 5.92 Å². The Labute approximate surface area is 151 Å². The van der Waals surface area contributed by atoms with E-state index in [0.29, 0.717) is 12.8 Å². The van der Waals surface area contributed by atoms with Crippen molar-refractivity contribution < 1.29 is 28.2 Å². The van der Waals surface area contributed by atoms with Crippen LogP contribution in [0.25, 0.3) is 0 Å². The van der Waals surface area contributed by atoms with Gasteiger partial charge in [-0.05, 0) is 52.7 Å². The first-order valence-electron chi connectivity index (χ1n) is 8.47. The van der Waals surface area contributed by atoms with Gasteiger partial charge in [-0.1, -0.05) is 0 Å². The second-order valence-electron chi connectivity index (χ2n) is 7.50. The molecule has 1 aromatic carbocycles. The van der Waals surface area contributed by atoms with Crippen LogP contribution in [0.15, 0.2) is 12.1 Å². The molecule has 2 N–H and O–H groups in total. The standard InChI is InChI=1S/C18H24F2N2O4/c1-10-5-6-11(9-22(10)17(25)26-18(2,3)4)16(24)21-13-8-7-12(19)14(20)15(13)23/h7-8,10-11,23H,5-6,9H2,1-4H3,(H,21,24)/t10-,11-/m1/s1. The minimum Gasteiger partial charge on any atom is -0.503 e. The van der Waals surface area contributed by atoms with Gasteiger partial charge in [0.15, 0.2) is 11.6 Å². The summed E-state index contributed by atoms with van der Waals surface area (Å²) in [6.07, 6.45) is 0.621. The molecule has 1 aliphatic heterocycles. The van der Waals surface area contributed by atoms with E-state index in [9.17, 15) is 23.5 Å². The van der Waals surface area contributed by atoms with Crippen LogP contribution in [-0.4, -0.2) is 40.2 Å². The summed E-state index contributed by atoms with van der Waals surface area (Å²) in [7, 11) is 0. The molecule has 2 rings (SSSR count). The number of amides is 2. The van der Waals surface area contributed by atoms with Crippen LogP contribution in [0.5, 0.6) is 5.75 Å². The second kappa shape index (κ2) is 7.47. The summed E-state index contributed by atoms with van der Waals surface area (Å²) in [5.41, 5.74) is -0.861. The van der Waals surface area contributed by atoms with E-state index in [0.717, 1.165) is 12.1 Å². The van der Waals surface area contributed by atoms with Gasteiger partial charge in [-0.25, -0.2) is 9.18 Å². The topological polar surface area (TPSA) is 78.9 Å². The number of anilines is 1. The van der Waals surface area contributed by atoms with E-state index in [1.54, 1.807) is 20.8 Å². The number of halogens is 2. The Morgan fingerprint density at radius 1 is 1.27 bits per heavy atom. The molecule has 1 aliphatic rings. The summed E-state index contributed by atoms with van der Waals surface area (Å²) >= 11 is 0. The van der Waals surface area contributed by atoms with Crippen molar-refractivity contribution in [3.63, 3.8) is 0 Å². The fraction of sp³-hybridized carbons (Fsp3) is 0.556. The first-order chi connectivity index (χ1) is 12.0. The zero-order valence-corrected chi connectivity index (χ0v) is 15.3. The summed E-state index contributed by atoms with van der Waals surface area (Å²) in [5, 5.41) is 12.0. The number of likely N-dealkylation sites (tertiary alicyclic amines) is 1. The lowest BCUT2D eigenvalue weighted by atomic mass is 9.93. The number of carbonyl (C=O) groups is 2. The third kappa shape index (κ3) is 4.62. The molecule has 0 unspecified atom stereocenters. The maximum absolute atomic E-state index is 13.4. The van der Waals surface area contributed by atoms with E-state index in [4.69, 9.17) is 4.74 Å². The van der Waals surface area contributed by atoms with E-state index in [1.165, 1.54) is 4.90 Å². The number of phenolic OH excluding ortho intramolecular Hbond substituents is 1. The number of ether oxygens (including phenoxy) is 1. The molecule has 1 aromatic rings. The van der Waals surface area contributed by atoms with Crippen molar-refractivity contribution in [2.45, 2.75) is 52.2 Å². The molecule has 0 saturated carbocycles. The number of rotatable bonds is 2. The smallest absolute Gasteiger partial charge is 0.410 e. The minimum atomic E-state index is -1.42. The van der Waals surface area contributed by atoms with E-state index < -0.39 is 40.9 Å². The quantitative estimate of drug-likeness (QED) is 0.779. The highest BCUT2D eigenvalue weighted by molar-refractivity contribution is 5.94. The van der Waals surface area contributed by atoms with Crippen molar-refractivity contribution in [1.82, 2.24) is 4.90 Å². The predicted octanol–water partition coefficient (Wildman–Crippen LogP) is 3.64. The Kier molecular flexibility index (Phi) is 5.73. The highest BCUT2D eigenvalue weighted by Crippen LogP contribution is 2.30. The average Bonchev–Trinajstić information content (AvgIpc) is 2.54. The fourth-order valence-corrected chi connectivity index (χ4v) is 2.77. The van der Waals surface area contributed by atoms with Crippen molar-refractivity contribution >= 4 is 17.7 Å². The molecule has 0 spiro atoms. The maximum Gasteiger partial charge on any atom is 0.410 e. The first kappa shape index (κ1) is 19.9. The normalized spacial score (nSPS) is 20.6. The van der Waals surface area contributed by atoms with Crippen LogP contribution in [-0.2, 0) is 9.53 Å². The number of hydrogen-bond donors (Lipinski definition) is 2. The van der Waals surface area contributed by atoms with Crippen LogP contribution in [0.3, 0.4) is 0 Å². The number of benzene rings is 1. The Bertz CT molecular complexity index is 703. The molecule has 2 amide bonds. The molecule has 2 atom stereocenters. The van der Waals surface area contributed by atoms with Crippen LogP contribution in [0.2, 0.25) is 0 Å². The Hall–Kier alpha value is -2.38. The second-order valence-corrected chi connectivity index (χ2v) is 7.50. The van der Waals surface area contributed by atoms with Gasteiger partial charge in [0, 0.05) is 12.6 Å². The summed E-state index contributed by atoms with van der Waals surface area (Å²) in [6, 6.07) is 1.83. The molecule has 0 aromatic heterocycles. The number of nitrogens with one attached hydrogen (secondary N) is 1. The molecule has 144 valence electrons. The minimum absolute atomic E-state index is 0.0782. The molecule has 1 saturated heterocycles. The van der Waals surface area contributed by atoms with Gasteiger partial charge in [0.2, 0.25) is 11.7 Å². The van der Waals surface area contributed by atoms with Gasteiger partial charge in [-0.3, -0.25) is 4.79 Å². The van der Waals surface area contributed by atoms with Crippen LogP contribution in [0.4, 0.5) is 19.3 Å². The number of aromatic hydroxyl groups is 1. The number of phenols is 1. The third-order valence-electron chi connectivity index (χ3n) is 4.21. The molecule has 1 fully saturated rings. The van der Waals surface area contributed by atoms with Gasteiger partial charge in [0.1, 0.15) is 5.60 Å². The van der Waals surface area contributed by atoms with Crippen molar-refractivity contribution in [3.8, 4) is 5.75 Å². The summed E-state index contributed by atoms with van der Waals surface area (Å²) in [6.45, 7) is 7.30. The zero-order chi connectivity index (χ0) is 19.6. The van der Waals surface area contributed by atoms with E-state index in [2.05, 4.69) is 5.32 Å². The maximum atomic E-state index is 13.4. The average molecular weight is 370 g/mol. The molecule has 0 radical (unpaired) electrons. The molecular weight excluding hydrogens is 346 g/mol. The highest BCUT2D eigenvalue weighted by Gasteiger charge is 2.35. The molecule has 26 heavy (non-hydrogen) atoms. The van der Waals surface area contributed by atoms with Crippen molar-refractivity contribution in [3.05, 3.63) is 23.8 Å². The summed E-state index contributed by atoms with van der Waals surface area (Å²) in [4.78, 5) is 26.3. The van der Waals surface area contributed by atoms with Crippen LogP contribution in [0.1, 0.15) is 40.5 Å². The van der Waals surface area contributed by atoms with Gasteiger partial charge in [0.25, 0.3) is 0 Å². The van der Waals surface area contributed by atoms with E-state index in [-0.39, 0.29) is 18.3 Å². The largest absolute Gasteiger partial charge is 0.503 e. The molecular formula is C18H24F2N2O4. The van der Waals surface area contributed by atoms with Crippen molar-refractivity contribution in [2.75, 3.05) is 11.9 Å². The van der Waals surface area contributed by atoms with Gasteiger partial charge in [-0.15, -0.1) is 0 Å². The zero-order valence-electron chi connectivity index (χ0n) is 15.3. The molecule has 0 aliphatic carbocycles. The van der Waals surface area contributed by atoms with Crippen molar-refractivity contribution in [1.29, 1.82) is 0 Å². The lowest BCUT2D eigenvalue weighted by Gasteiger charge is -2.38. The number of hydrogen-bond acceptors (Lipinski definition) is 4. The van der Waals surface area contributed by atoms with Gasteiger partial charge in [-0.2, -0.15) is 4.39 Å². The van der Waals surface area contributed by atoms with Crippen LogP contribution in [0, 0.1) is 17.6 Å². The first-order valence-corrected chi connectivity index (χ1v) is 8.47. The fourth-order valence-electron chi connectivity index (χ4n) is 2.77. The molecule has 6 nitrogen and oxygen atoms in total. The summed E-state index contributed by atoms with van der Waals surface area (Å²) in [5.74, 6) is -4.61. The third-order valence-corrected chi connectivity index (χ3v) is 4.21. The van der Waals surface area contributed by atoms with Crippen LogP contribution < -0.4 is 5.32 Å². The molecule has 8 heteroatoms. The van der Waals surface area contributed by atoms with Gasteiger partial charge < -0.3 is 20.1 Å². The number of piperidine rings is 1. The Morgan fingerprint density at radius 2 is 1.92 bits per heavy atom. The highest BCUT2D eigenvalue weighted by atomic mass is 19.2. The lowest BCUT2D eigenvalue weighted by molar-refractivity contribution is -0.121. The predicted molar refractivity (Wildman–Crippen MR) is 91.8 cm³/mol. The van der Waals surface area contributed by atoms with Gasteiger partial charge in [0.05, 0.1) is 11.6 Å². The number of carbonyl (C=O) groups excluding carboxylic acids is 2. The number of nitrogens with zero attached hydrogens (tertiary/aromatic N) is 1. The van der Waals surface area contributed by atoms with E-state index >= 15 is 0 Å². The van der Waals surface area contributed by atoms with Gasteiger partial charge >= 0.3 is 6.09 Å². The monoisotopic (exact) mass is 370 g/mol. The molecule has 1 heterocycles. The lowest BCUT2D eigenvalue weighted by Crippen LogP contribution is -2.49. The van der Waals surface area contributed by atoms with E-state index in [1.807, 2.05) is 6.92 Å². The Morgan fingerprint density at radius 3 is 2.54 bits per heavy atom. The Balaban J connectivity index is 2.08. The molecule has 0 bridgehead atoms. The summed E-state index contributed by atoms with van der Waals surface area (Å²) < 4.78 is 31.8.